The highest BCUT2D eigenvalue weighted by Crippen LogP contribution is 2.28. The van der Waals surface area contributed by atoms with Gasteiger partial charge < -0.3 is 15.0 Å². The summed E-state index contributed by atoms with van der Waals surface area (Å²) in [6, 6.07) is 15.1. The van der Waals surface area contributed by atoms with E-state index in [0.29, 0.717) is 24.1 Å². The molecule has 2 aromatic carbocycles. The molecule has 0 saturated heterocycles. The SMILES string of the molecule is COc1ccc(CN2Cc3cc(Nc4cc(Cl)ncn4)ccc3C2=O)cc1. The Morgan fingerprint density at radius 3 is 2.70 bits per heavy atom. The summed E-state index contributed by atoms with van der Waals surface area (Å²) in [5.41, 5.74) is 3.63. The van der Waals surface area contributed by atoms with E-state index >= 15 is 0 Å². The van der Waals surface area contributed by atoms with E-state index in [1.807, 2.05) is 47.4 Å². The van der Waals surface area contributed by atoms with Crippen LogP contribution in [0.2, 0.25) is 5.15 Å². The quantitative estimate of drug-likeness (QED) is 0.676. The van der Waals surface area contributed by atoms with Crippen LogP contribution in [0.25, 0.3) is 0 Å². The summed E-state index contributed by atoms with van der Waals surface area (Å²) in [6.45, 7) is 1.13. The van der Waals surface area contributed by atoms with Gasteiger partial charge in [-0.1, -0.05) is 23.7 Å². The van der Waals surface area contributed by atoms with Crippen molar-refractivity contribution in [3.05, 3.63) is 76.7 Å². The number of nitrogens with one attached hydrogen (secondary N) is 1. The molecule has 1 aromatic heterocycles. The van der Waals surface area contributed by atoms with Gasteiger partial charge in [0.15, 0.2) is 0 Å². The number of anilines is 2. The van der Waals surface area contributed by atoms with Crippen LogP contribution in [0.5, 0.6) is 5.75 Å². The first-order valence-corrected chi connectivity index (χ1v) is 8.80. The molecule has 1 aliphatic heterocycles. The van der Waals surface area contributed by atoms with Gasteiger partial charge >= 0.3 is 0 Å². The number of ether oxygens (including phenoxy) is 1. The number of nitrogens with zero attached hydrogens (tertiary/aromatic N) is 3. The van der Waals surface area contributed by atoms with Crippen molar-refractivity contribution in [2.45, 2.75) is 13.1 Å². The van der Waals surface area contributed by atoms with Crippen molar-refractivity contribution in [2.24, 2.45) is 0 Å². The van der Waals surface area contributed by atoms with Gasteiger partial charge in [-0.15, -0.1) is 0 Å². The molecule has 0 atom stereocenters. The highest BCUT2D eigenvalue weighted by molar-refractivity contribution is 6.29. The molecule has 0 radical (unpaired) electrons. The van der Waals surface area contributed by atoms with Crippen LogP contribution in [0.15, 0.2) is 54.9 Å². The number of hydrogen-bond donors (Lipinski definition) is 1. The number of rotatable bonds is 5. The zero-order chi connectivity index (χ0) is 18.8. The lowest BCUT2D eigenvalue weighted by Crippen LogP contribution is -2.23. The van der Waals surface area contributed by atoms with Crippen LogP contribution in [-0.4, -0.2) is 27.9 Å². The average molecular weight is 381 g/mol. The summed E-state index contributed by atoms with van der Waals surface area (Å²) < 4.78 is 5.18. The number of fused-ring (bicyclic) bond motifs is 1. The summed E-state index contributed by atoms with van der Waals surface area (Å²) in [4.78, 5) is 22.5. The van der Waals surface area contributed by atoms with Crippen LogP contribution >= 0.6 is 11.6 Å². The van der Waals surface area contributed by atoms with Crippen LogP contribution in [0.1, 0.15) is 21.5 Å². The van der Waals surface area contributed by atoms with Crippen LogP contribution in [0, 0.1) is 0 Å². The second-order valence-corrected chi connectivity index (χ2v) is 6.62. The second-order valence-electron chi connectivity index (χ2n) is 6.23. The Balaban J connectivity index is 1.49. The topological polar surface area (TPSA) is 67.3 Å². The maximum Gasteiger partial charge on any atom is 0.254 e. The lowest BCUT2D eigenvalue weighted by atomic mass is 10.1. The molecule has 1 amide bonds. The van der Waals surface area contributed by atoms with Gasteiger partial charge in [-0.25, -0.2) is 9.97 Å². The Labute approximate surface area is 161 Å². The van der Waals surface area contributed by atoms with Gasteiger partial charge in [0.25, 0.3) is 5.91 Å². The molecule has 27 heavy (non-hydrogen) atoms. The molecular formula is C20H17ClN4O2. The van der Waals surface area contributed by atoms with Crippen molar-refractivity contribution < 1.29 is 9.53 Å². The van der Waals surface area contributed by atoms with Crippen LogP contribution < -0.4 is 10.1 Å². The van der Waals surface area contributed by atoms with Crippen molar-refractivity contribution in [1.82, 2.24) is 14.9 Å². The number of aromatic nitrogens is 2. The molecule has 0 saturated carbocycles. The molecule has 0 aliphatic carbocycles. The molecule has 0 fully saturated rings. The zero-order valence-electron chi connectivity index (χ0n) is 14.6. The maximum atomic E-state index is 12.7. The van der Waals surface area contributed by atoms with Crippen molar-refractivity contribution in [1.29, 1.82) is 0 Å². The number of amides is 1. The number of carbonyl (C=O) groups is 1. The monoisotopic (exact) mass is 380 g/mol. The molecule has 136 valence electrons. The number of methoxy groups -OCH3 is 1. The predicted octanol–water partition coefficient (Wildman–Crippen LogP) is 4.04. The van der Waals surface area contributed by atoms with Gasteiger partial charge in [0.05, 0.1) is 7.11 Å². The van der Waals surface area contributed by atoms with E-state index in [9.17, 15) is 4.79 Å². The molecule has 1 aliphatic rings. The van der Waals surface area contributed by atoms with E-state index in [2.05, 4.69) is 15.3 Å². The summed E-state index contributed by atoms with van der Waals surface area (Å²) in [7, 11) is 1.64. The number of carbonyl (C=O) groups excluding carboxylic acids is 1. The van der Waals surface area contributed by atoms with Gasteiger partial charge in [0.2, 0.25) is 0 Å². The van der Waals surface area contributed by atoms with Gasteiger partial charge in [-0.2, -0.15) is 0 Å². The molecule has 2 heterocycles. The first kappa shape index (κ1) is 17.3. The molecule has 0 spiro atoms. The van der Waals surface area contributed by atoms with Crippen molar-refractivity contribution in [2.75, 3.05) is 12.4 Å². The normalized spacial score (nSPS) is 12.8. The molecule has 6 nitrogen and oxygen atoms in total. The Kier molecular flexibility index (Phi) is 4.64. The maximum absolute atomic E-state index is 12.7. The van der Waals surface area contributed by atoms with E-state index in [1.165, 1.54) is 6.33 Å². The average Bonchev–Trinajstić information content (AvgIpc) is 2.97. The molecule has 0 unspecified atom stereocenters. The van der Waals surface area contributed by atoms with Crippen LogP contribution in [0.4, 0.5) is 11.5 Å². The van der Waals surface area contributed by atoms with Crippen molar-refractivity contribution in [3.8, 4) is 5.75 Å². The molecular weight excluding hydrogens is 364 g/mol. The van der Waals surface area contributed by atoms with E-state index in [-0.39, 0.29) is 5.91 Å². The minimum Gasteiger partial charge on any atom is -0.497 e. The standard InChI is InChI=1S/C20H17ClN4O2/c1-27-16-5-2-13(3-6-16)10-25-11-14-8-15(4-7-17(14)20(25)26)24-19-9-18(21)22-12-23-19/h2-9,12H,10-11H2,1H3,(H,22,23,24). The van der Waals surface area contributed by atoms with E-state index in [4.69, 9.17) is 16.3 Å². The number of benzene rings is 2. The lowest BCUT2D eigenvalue weighted by Gasteiger charge is -2.15. The Morgan fingerprint density at radius 1 is 1.15 bits per heavy atom. The van der Waals surface area contributed by atoms with Gasteiger partial charge in [0.1, 0.15) is 23.0 Å². The first-order valence-electron chi connectivity index (χ1n) is 8.42. The van der Waals surface area contributed by atoms with Crippen LogP contribution in [0.3, 0.4) is 0 Å². The molecule has 1 N–H and O–H groups in total. The van der Waals surface area contributed by atoms with Crippen LogP contribution in [-0.2, 0) is 13.1 Å². The third kappa shape index (κ3) is 3.71. The summed E-state index contributed by atoms with van der Waals surface area (Å²) in [5.74, 6) is 1.45. The van der Waals surface area contributed by atoms with Gasteiger partial charge in [0, 0.05) is 30.4 Å². The Bertz CT molecular complexity index is 992. The Hall–Kier alpha value is -3.12. The van der Waals surface area contributed by atoms with Gasteiger partial charge in [-0.05, 0) is 41.5 Å². The second kappa shape index (κ2) is 7.25. The number of hydrogen-bond acceptors (Lipinski definition) is 5. The smallest absolute Gasteiger partial charge is 0.254 e. The number of halogens is 1. The summed E-state index contributed by atoms with van der Waals surface area (Å²) in [6.07, 6.45) is 1.40. The van der Waals surface area contributed by atoms with E-state index in [1.54, 1.807) is 13.2 Å². The minimum absolute atomic E-state index is 0.0393. The molecule has 4 rings (SSSR count). The highest BCUT2D eigenvalue weighted by Gasteiger charge is 2.27. The van der Waals surface area contributed by atoms with E-state index in [0.717, 1.165) is 28.1 Å². The largest absolute Gasteiger partial charge is 0.497 e. The summed E-state index contributed by atoms with van der Waals surface area (Å²) in [5, 5.41) is 3.56. The fraction of sp³-hybridized carbons (Fsp3) is 0.150. The third-order valence-electron chi connectivity index (χ3n) is 4.42. The third-order valence-corrected chi connectivity index (χ3v) is 4.63. The van der Waals surface area contributed by atoms with Crippen molar-refractivity contribution in [3.63, 3.8) is 0 Å². The zero-order valence-corrected chi connectivity index (χ0v) is 15.4. The highest BCUT2D eigenvalue weighted by atomic mass is 35.5. The van der Waals surface area contributed by atoms with E-state index < -0.39 is 0 Å². The van der Waals surface area contributed by atoms with Crippen molar-refractivity contribution >= 4 is 29.0 Å². The predicted molar refractivity (Wildman–Crippen MR) is 103 cm³/mol. The molecule has 0 bridgehead atoms. The fourth-order valence-electron chi connectivity index (χ4n) is 3.09. The Morgan fingerprint density at radius 2 is 1.96 bits per heavy atom. The summed E-state index contributed by atoms with van der Waals surface area (Å²) >= 11 is 5.89. The first-order chi connectivity index (χ1) is 13.1. The minimum atomic E-state index is 0.0393. The fourth-order valence-corrected chi connectivity index (χ4v) is 3.23. The van der Waals surface area contributed by atoms with Gasteiger partial charge in [-0.3, -0.25) is 4.79 Å². The molecule has 3 aromatic rings. The molecule has 7 heteroatoms. The lowest BCUT2D eigenvalue weighted by molar-refractivity contribution is 0.0766.